The van der Waals surface area contributed by atoms with Crippen LogP contribution in [-0.4, -0.2) is 17.4 Å². The molecule has 0 amide bonds. The summed E-state index contributed by atoms with van der Waals surface area (Å²) in [6.07, 6.45) is 0.538. The molecule has 0 aliphatic rings. The van der Waals surface area contributed by atoms with Gasteiger partial charge in [-0.2, -0.15) is 0 Å². The first-order valence-corrected chi connectivity index (χ1v) is 4.00. The molecule has 3 N–H and O–H groups in total. The number of carbonyl (C=O) groups is 2. The lowest BCUT2D eigenvalue weighted by Gasteiger charge is -1.91. The van der Waals surface area contributed by atoms with E-state index in [1.54, 1.807) is 0 Å². The number of aldehydes is 1. The van der Waals surface area contributed by atoms with Gasteiger partial charge in [0.1, 0.15) is 0 Å². The molecule has 1 aromatic rings. The first kappa shape index (κ1) is 8.73. The average molecular weight is 185 g/mol. The van der Waals surface area contributed by atoms with Crippen LogP contribution in [0.15, 0.2) is 6.07 Å². The number of nitrogens with two attached hydrogens (primary N) is 1. The molecule has 0 saturated heterocycles. The summed E-state index contributed by atoms with van der Waals surface area (Å²) in [6, 6.07) is 1.48. The van der Waals surface area contributed by atoms with Gasteiger partial charge in [0.2, 0.25) is 0 Å². The predicted molar refractivity (Wildman–Crippen MR) is 45.5 cm³/mol. The Bertz CT molecular complexity index is 318. The summed E-state index contributed by atoms with van der Waals surface area (Å²) in [5.74, 6) is -0.944. The van der Waals surface area contributed by atoms with E-state index in [0.29, 0.717) is 21.7 Å². The highest BCUT2D eigenvalue weighted by Crippen LogP contribution is 2.23. The Labute approximate surface area is 72.6 Å². The summed E-state index contributed by atoms with van der Waals surface area (Å²) in [6.45, 7) is 0. The van der Waals surface area contributed by atoms with Crippen molar-refractivity contribution in [2.45, 2.75) is 6.42 Å². The van der Waals surface area contributed by atoms with E-state index in [-0.39, 0.29) is 6.42 Å². The molecular formula is C7H7NO3S. The fourth-order valence-corrected chi connectivity index (χ4v) is 1.69. The van der Waals surface area contributed by atoms with Gasteiger partial charge in [0.05, 0.1) is 11.3 Å². The van der Waals surface area contributed by atoms with Crippen molar-refractivity contribution in [2.24, 2.45) is 0 Å². The highest BCUT2D eigenvalue weighted by molar-refractivity contribution is 7.14. The van der Waals surface area contributed by atoms with Crippen LogP contribution in [0.1, 0.15) is 14.5 Å². The summed E-state index contributed by atoms with van der Waals surface area (Å²) >= 11 is 1.11. The Morgan fingerprint density at radius 2 is 2.42 bits per heavy atom. The van der Waals surface area contributed by atoms with Gasteiger partial charge in [-0.05, 0) is 6.07 Å². The van der Waals surface area contributed by atoms with Crippen molar-refractivity contribution in [2.75, 3.05) is 5.73 Å². The highest BCUT2D eigenvalue weighted by atomic mass is 32.1. The van der Waals surface area contributed by atoms with Crippen LogP contribution in [0.2, 0.25) is 0 Å². The molecule has 1 rings (SSSR count). The zero-order valence-electron chi connectivity index (χ0n) is 6.11. The third kappa shape index (κ3) is 1.82. The minimum Gasteiger partial charge on any atom is -0.481 e. The first-order valence-electron chi connectivity index (χ1n) is 3.18. The molecule has 64 valence electrons. The fourth-order valence-electron chi connectivity index (χ4n) is 0.798. The molecule has 0 aliphatic carbocycles. The number of rotatable bonds is 3. The Kier molecular flexibility index (Phi) is 2.44. The van der Waals surface area contributed by atoms with Gasteiger partial charge in [-0.1, -0.05) is 0 Å². The van der Waals surface area contributed by atoms with Crippen molar-refractivity contribution in [3.63, 3.8) is 0 Å². The SMILES string of the molecule is Nc1cc(C=O)sc1CC(=O)O. The van der Waals surface area contributed by atoms with Crippen molar-refractivity contribution in [3.05, 3.63) is 15.8 Å². The maximum absolute atomic E-state index is 10.3. The smallest absolute Gasteiger partial charge is 0.308 e. The molecule has 1 aromatic heterocycles. The summed E-state index contributed by atoms with van der Waals surface area (Å²) in [4.78, 5) is 21.5. The maximum Gasteiger partial charge on any atom is 0.308 e. The molecule has 1 heterocycles. The number of thiophene rings is 1. The number of hydrogen-bond donors (Lipinski definition) is 2. The number of carboxylic acids is 1. The Balaban J connectivity index is 2.91. The van der Waals surface area contributed by atoms with Gasteiger partial charge in [0.15, 0.2) is 6.29 Å². The normalized spacial score (nSPS) is 9.67. The zero-order chi connectivity index (χ0) is 9.14. The van der Waals surface area contributed by atoms with Gasteiger partial charge in [-0.3, -0.25) is 9.59 Å². The van der Waals surface area contributed by atoms with Crippen molar-refractivity contribution in [1.29, 1.82) is 0 Å². The standard InChI is InChI=1S/C7H7NO3S/c8-5-1-4(3-9)12-6(5)2-7(10)11/h1,3H,2,8H2,(H,10,11). The van der Waals surface area contributed by atoms with Crippen LogP contribution in [0.25, 0.3) is 0 Å². The molecule has 0 fully saturated rings. The molecule has 0 unspecified atom stereocenters. The van der Waals surface area contributed by atoms with Gasteiger partial charge in [0, 0.05) is 10.6 Å². The molecule has 0 spiro atoms. The Hall–Kier alpha value is -1.36. The number of carboxylic acid groups (broad SMARTS) is 1. The van der Waals surface area contributed by atoms with Gasteiger partial charge >= 0.3 is 5.97 Å². The van der Waals surface area contributed by atoms with Crippen molar-refractivity contribution in [3.8, 4) is 0 Å². The van der Waals surface area contributed by atoms with Crippen molar-refractivity contribution < 1.29 is 14.7 Å². The van der Waals surface area contributed by atoms with Crippen molar-refractivity contribution in [1.82, 2.24) is 0 Å². The second-order valence-corrected chi connectivity index (χ2v) is 3.38. The number of nitrogen functional groups attached to an aromatic ring is 1. The number of anilines is 1. The van der Waals surface area contributed by atoms with Gasteiger partial charge in [0.25, 0.3) is 0 Å². The van der Waals surface area contributed by atoms with E-state index < -0.39 is 5.97 Å². The van der Waals surface area contributed by atoms with E-state index in [1.165, 1.54) is 6.07 Å². The molecule has 0 aromatic carbocycles. The van der Waals surface area contributed by atoms with Gasteiger partial charge < -0.3 is 10.8 Å². The Morgan fingerprint density at radius 3 is 2.83 bits per heavy atom. The van der Waals surface area contributed by atoms with Crippen LogP contribution in [0, 0.1) is 0 Å². The molecule has 0 atom stereocenters. The van der Waals surface area contributed by atoms with Crippen LogP contribution in [0.3, 0.4) is 0 Å². The van der Waals surface area contributed by atoms with E-state index >= 15 is 0 Å². The summed E-state index contributed by atoms with van der Waals surface area (Å²) in [5, 5.41) is 8.44. The summed E-state index contributed by atoms with van der Waals surface area (Å²) in [5.41, 5.74) is 5.83. The van der Waals surface area contributed by atoms with Crippen LogP contribution >= 0.6 is 11.3 Å². The lowest BCUT2D eigenvalue weighted by atomic mass is 10.3. The van der Waals surface area contributed by atoms with Gasteiger partial charge in [-0.15, -0.1) is 11.3 Å². The fraction of sp³-hybridized carbons (Fsp3) is 0.143. The molecule has 4 nitrogen and oxygen atoms in total. The second kappa shape index (κ2) is 3.36. The number of hydrogen-bond acceptors (Lipinski definition) is 4. The topological polar surface area (TPSA) is 80.4 Å². The zero-order valence-corrected chi connectivity index (χ0v) is 6.93. The molecule has 0 bridgehead atoms. The van der Waals surface area contributed by atoms with E-state index in [2.05, 4.69) is 0 Å². The molecule has 5 heteroatoms. The predicted octanol–water partition coefficient (Wildman–Crippen LogP) is 0.770. The van der Waals surface area contributed by atoms with Crippen LogP contribution in [0.4, 0.5) is 5.69 Å². The van der Waals surface area contributed by atoms with E-state index in [1.807, 2.05) is 0 Å². The summed E-state index contributed by atoms with van der Waals surface area (Å²) in [7, 11) is 0. The maximum atomic E-state index is 10.3. The monoisotopic (exact) mass is 185 g/mol. The minimum absolute atomic E-state index is 0.121. The van der Waals surface area contributed by atoms with E-state index in [9.17, 15) is 9.59 Å². The quantitative estimate of drug-likeness (QED) is 0.681. The molecule has 0 aliphatic heterocycles. The second-order valence-electron chi connectivity index (χ2n) is 2.22. The number of aliphatic carboxylic acids is 1. The van der Waals surface area contributed by atoms with E-state index in [0.717, 1.165) is 11.3 Å². The third-order valence-corrected chi connectivity index (χ3v) is 2.36. The molecule has 0 saturated carbocycles. The van der Waals surface area contributed by atoms with Gasteiger partial charge in [-0.25, -0.2) is 0 Å². The first-order chi connectivity index (χ1) is 5.63. The highest BCUT2D eigenvalue weighted by Gasteiger charge is 2.08. The summed E-state index contributed by atoms with van der Waals surface area (Å²) < 4.78 is 0. The van der Waals surface area contributed by atoms with E-state index in [4.69, 9.17) is 10.8 Å². The largest absolute Gasteiger partial charge is 0.481 e. The van der Waals surface area contributed by atoms with Crippen LogP contribution < -0.4 is 5.73 Å². The molecular weight excluding hydrogens is 178 g/mol. The molecule has 0 radical (unpaired) electrons. The molecule has 12 heavy (non-hydrogen) atoms. The Morgan fingerprint density at radius 1 is 1.75 bits per heavy atom. The number of carbonyl (C=O) groups excluding carboxylic acids is 1. The lowest BCUT2D eigenvalue weighted by Crippen LogP contribution is -1.99. The van der Waals surface area contributed by atoms with Crippen LogP contribution in [0.5, 0.6) is 0 Å². The average Bonchev–Trinajstić information content (AvgIpc) is 2.31. The third-order valence-electron chi connectivity index (χ3n) is 1.29. The van der Waals surface area contributed by atoms with Crippen molar-refractivity contribution >= 4 is 29.3 Å². The minimum atomic E-state index is -0.944. The van der Waals surface area contributed by atoms with Crippen LogP contribution in [-0.2, 0) is 11.2 Å². The lowest BCUT2D eigenvalue weighted by molar-refractivity contribution is -0.136.